The van der Waals surface area contributed by atoms with Crippen molar-refractivity contribution in [1.29, 1.82) is 0 Å². The highest BCUT2D eigenvalue weighted by molar-refractivity contribution is 5.53. The summed E-state index contributed by atoms with van der Waals surface area (Å²) in [5.41, 5.74) is 5.15. The number of hydrogen-bond acceptors (Lipinski definition) is 2. The van der Waals surface area contributed by atoms with Gasteiger partial charge in [-0.3, -0.25) is 0 Å². The normalized spacial score (nSPS) is 15.8. The zero-order valence-electron chi connectivity index (χ0n) is 7.88. The van der Waals surface area contributed by atoms with Crippen LogP contribution in [-0.4, -0.2) is 18.8 Å². The molecule has 0 saturated heterocycles. The summed E-state index contributed by atoms with van der Waals surface area (Å²) in [6, 6.07) is -1.04. The molecule has 0 aliphatic heterocycles. The Morgan fingerprint density at radius 1 is 1.38 bits per heavy atom. The molecule has 2 N–H and O–H groups in total. The summed E-state index contributed by atoms with van der Waals surface area (Å²) < 4.78 is 23.8. The smallest absolute Gasteiger partial charge is 0.253 e. The van der Waals surface area contributed by atoms with Crippen molar-refractivity contribution in [2.45, 2.75) is 45.1 Å². The predicted octanol–water partition coefficient (Wildman–Crippen LogP) is 1.97. The molecule has 0 saturated carbocycles. The van der Waals surface area contributed by atoms with Gasteiger partial charge in [-0.25, -0.2) is 8.78 Å². The third-order valence-electron chi connectivity index (χ3n) is 2.15. The highest BCUT2D eigenvalue weighted by Crippen LogP contribution is 2.13. The molecule has 78 valence electrons. The third kappa shape index (κ3) is 5.69. The number of halogens is 2. The van der Waals surface area contributed by atoms with E-state index in [2.05, 4.69) is 0 Å². The third-order valence-corrected chi connectivity index (χ3v) is 2.15. The second-order valence-corrected chi connectivity index (χ2v) is 3.23. The summed E-state index contributed by atoms with van der Waals surface area (Å²) in [4.78, 5) is 10.4. The van der Waals surface area contributed by atoms with Crippen LogP contribution in [0.2, 0.25) is 0 Å². The van der Waals surface area contributed by atoms with E-state index in [1.807, 2.05) is 6.92 Å². The largest absolute Gasteiger partial charge is 0.323 e. The van der Waals surface area contributed by atoms with E-state index >= 15 is 0 Å². The van der Waals surface area contributed by atoms with Crippen LogP contribution in [0.1, 0.15) is 32.6 Å². The minimum atomic E-state index is -2.45. The first-order valence-electron chi connectivity index (χ1n) is 4.60. The van der Waals surface area contributed by atoms with E-state index < -0.39 is 12.5 Å². The van der Waals surface area contributed by atoms with E-state index in [0.29, 0.717) is 19.3 Å². The van der Waals surface area contributed by atoms with Crippen LogP contribution >= 0.6 is 0 Å². The van der Waals surface area contributed by atoms with E-state index in [0.717, 1.165) is 12.7 Å². The van der Waals surface area contributed by atoms with Crippen molar-refractivity contribution in [3.63, 3.8) is 0 Å². The van der Waals surface area contributed by atoms with Crippen LogP contribution < -0.4 is 5.73 Å². The summed E-state index contributed by atoms with van der Waals surface area (Å²) in [7, 11) is 0. The molecule has 0 fully saturated rings. The van der Waals surface area contributed by atoms with Crippen LogP contribution in [0.15, 0.2) is 0 Å². The summed E-state index contributed by atoms with van der Waals surface area (Å²) in [5.74, 6) is 0.00451. The lowest BCUT2D eigenvalue weighted by Gasteiger charge is -2.11. The van der Waals surface area contributed by atoms with Crippen molar-refractivity contribution >= 4 is 6.29 Å². The topological polar surface area (TPSA) is 43.1 Å². The summed E-state index contributed by atoms with van der Waals surface area (Å²) in [6.07, 6.45) is 0.767. The molecule has 0 aliphatic carbocycles. The number of aldehydes is 1. The van der Waals surface area contributed by atoms with Crippen LogP contribution in [0.3, 0.4) is 0 Å². The molecule has 0 aliphatic rings. The Hall–Kier alpha value is -0.510. The van der Waals surface area contributed by atoms with Gasteiger partial charge in [0, 0.05) is 5.92 Å². The van der Waals surface area contributed by atoms with Crippen molar-refractivity contribution in [2.75, 3.05) is 0 Å². The highest BCUT2D eigenvalue weighted by Gasteiger charge is 2.15. The number of nitrogens with two attached hydrogens (primary N) is 1. The molecule has 0 bridgehead atoms. The van der Waals surface area contributed by atoms with Gasteiger partial charge in [-0.15, -0.1) is 0 Å². The molecule has 0 rings (SSSR count). The molecule has 2 nitrogen and oxygen atoms in total. The van der Waals surface area contributed by atoms with E-state index in [1.54, 1.807) is 0 Å². The second kappa shape index (κ2) is 6.95. The van der Waals surface area contributed by atoms with Gasteiger partial charge in [0.2, 0.25) is 0 Å². The Bertz CT molecular complexity index is 142. The molecule has 2 atom stereocenters. The SMILES string of the molecule is CCC(C=O)CCCC(N)C(F)F. The predicted molar refractivity (Wildman–Crippen MR) is 47.7 cm³/mol. The van der Waals surface area contributed by atoms with Crippen LogP contribution in [0, 0.1) is 5.92 Å². The van der Waals surface area contributed by atoms with Crippen LogP contribution in [-0.2, 0) is 4.79 Å². The Morgan fingerprint density at radius 3 is 2.38 bits per heavy atom. The molecule has 0 aromatic carbocycles. The maximum Gasteiger partial charge on any atom is 0.253 e. The molecule has 2 unspecified atom stereocenters. The molecule has 0 radical (unpaired) electrons. The lowest BCUT2D eigenvalue weighted by molar-refractivity contribution is -0.111. The van der Waals surface area contributed by atoms with Gasteiger partial charge < -0.3 is 10.5 Å². The number of hydrogen-bond donors (Lipinski definition) is 1. The fourth-order valence-electron chi connectivity index (χ4n) is 1.11. The molecule has 13 heavy (non-hydrogen) atoms. The Labute approximate surface area is 77.5 Å². The van der Waals surface area contributed by atoms with Gasteiger partial charge in [0.15, 0.2) is 0 Å². The average Bonchev–Trinajstić information content (AvgIpc) is 2.12. The van der Waals surface area contributed by atoms with Gasteiger partial charge in [0.05, 0.1) is 6.04 Å². The Balaban J connectivity index is 3.48. The minimum absolute atomic E-state index is 0.00451. The molecule has 4 heteroatoms. The van der Waals surface area contributed by atoms with Crippen molar-refractivity contribution in [3.05, 3.63) is 0 Å². The maximum atomic E-state index is 11.9. The Kier molecular flexibility index (Phi) is 6.68. The van der Waals surface area contributed by atoms with Crippen LogP contribution in [0.4, 0.5) is 8.78 Å². The van der Waals surface area contributed by atoms with Gasteiger partial charge in [-0.2, -0.15) is 0 Å². The van der Waals surface area contributed by atoms with E-state index in [1.165, 1.54) is 0 Å². The number of alkyl halides is 2. The standard InChI is InChI=1S/C9H17F2NO/c1-2-7(6-13)4-3-5-8(12)9(10)11/h6-9H,2-5,12H2,1H3. The maximum absolute atomic E-state index is 11.9. The molecule has 0 aromatic rings. The Morgan fingerprint density at radius 2 is 2.00 bits per heavy atom. The first-order valence-corrected chi connectivity index (χ1v) is 4.60. The van der Waals surface area contributed by atoms with Crippen LogP contribution in [0.5, 0.6) is 0 Å². The lowest BCUT2D eigenvalue weighted by atomic mass is 9.99. The van der Waals surface area contributed by atoms with Gasteiger partial charge in [0.1, 0.15) is 6.29 Å². The molecular weight excluding hydrogens is 176 g/mol. The van der Waals surface area contributed by atoms with Gasteiger partial charge in [-0.1, -0.05) is 13.3 Å². The van der Waals surface area contributed by atoms with Crippen molar-refractivity contribution in [2.24, 2.45) is 11.7 Å². The first kappa shape index (κ1) is 12.5. The van der Waals surface area contributed by atoms with Gasteiger partial charge in [-0.05, 0) is 19.3 Å². The fraction of sp³-hybridized carbons (Fsp3) is 0.889. The summed E-state index contributed by atoms with van der Waals surface area (Å²) >= 11 is 0. The van der Waals surface area contributed by atoms with E-state index in [9.17, 15) is 13.6 Å². The number of carbonyl (C=O) groups is 1. The zero-order chi connectivity index (χ0) is 10.3. The van der Waals surface area contributed by atoms with Crippen LogP contribution in [0.25, 0.3) is 0 Å². The van der Waals surface area contributed by atoms with Crippen molar-refractivity contribution in [1.82, 2.24) is 0 Å². The number of carbonyl (C=O) groups excluding carboxylic acids is 1. The summed E-state index contributed by atoms with van der Waals surface area (Å²) in [6.45, 7) is 1.91. The van der Waals surface area contributed by atoms with Crippen molar-refractivity contribution in [3.8, 4) is 0 Å². The molecular formula is C9H17F2NO. The van der Waals surface area contributed by atoms with Gasteiger partial charge >= 0.3 is 0 Å². The lowest BCUT2D eigenvalue weighted by Crippen LogP contribution is -2.28. The first-order chi connectivity index (χ1) is 6.11. The average molecular weight is 193 g/mol. The molecule has 0 spiro atoms. The highest BCUT2D eigenvalue weighted by atomic mass is 19.3. The fourth-order valence-corrected chi connectivity index (χ4v) is 1.11. The summed E-state index contributed by atoms with van der Waals surface area (Å²) in [5, 5.41) is 0. The number of rotatable bonds is 7. The minimum Gasteiger partial charge on any atom is -0.323 e. The molecule has 0 aromatic heterocycles. The van der Waals surface area contributed by atoms with Gasteiger partial charge in [0.25, 0.3) is 6.43 Å². The van der Waals surface area contributed by atoms with Crippen molar-refractivity contribution < 1.29 is 13.6 Å². The molecule has 0 heterocycles. The monoisotopic (exact) mass is 193 g/mol. The van der Waals surface area contributed by atoms with E-state index in [4.69, 9.17) is 5.73 Å². The zero-order valence-corrected chi connectivity index (χ0v) is 7.88. The second-order valence-electron chi connectivity index (χ2n) is 3.23. The quantitative estimate of drug-likeness (QED) is 0.628. The molecule has 0 amide bonds. The van der Waals surface area contributed by atoms with E-state index in [-0.39, 0.29) is 5.92 Å².